The van der Waals surface area contributed by atoms with Crippen LogP contribution in [0.4, 0.5) is 0 Å². The van der Waals surface area contributed by atoms with Crippen LogP contribution >= 0.6 is 11.3 Å². The van der Waals surface area contributed by atoms with Crippen LogP contribution in [0.5, 0.6) is 0 Å². The molecule has 14 heavy (non-hydrogen) atoms. The lowest BCUT2D eigenvalue weighted by Crippen LogP contribution is -2.16. The number of thiophene rings is 1. The van der Waals surface area contributed by atoms with Crippen molar-refractivity contribution in [3.05, 3.63) is 34.6 Å². The number of nitrogens with zero attached hydrogens (tertiary/aromatic N) is 2. The van der Waals surface area contributed by atoms with Crippen molar-refractivity contribution in [2.24, 2.45) is 0 Å². The Balaban J connectivity index is 1.65. The van der Waals surface area contributed by atoms with Gasteiger partial charge in [-0.3, -0.25) is 0 Å². The van der Waals surface area contributed by atoms with Gasteiger partial charge >= 0.3 is 0 Å². The number of aromatic nitrogens is 2. The quantitative estimate of drug-likeness (QED) is 0.757. The second-order valence-electron chi connectivity index (χ2n) is 2.89. The van der Waals surface area contributed by atoms with Crippen molar-refractivity contribution in [3.8, 4) is 0 Å². The molecular weight excluding hydrogens is 198 g/mol. The van der Waals surface area contributed by atoms with Crippen LogP contribution < -0.4 is 5.32 Å². The first-order chi connectivity index (χ1) is 6.95. The van der Waals surface area contributed by atoms with E-state index < -0.39 is 0 Å². The van der Waals surface area contributed by atoms with Gasteiger partial charge in [0.15, 0.2) is 6.33 Å². The molecule has 0 bridgehead atoms. The van der Waals surface area contributed by atoms with Crippen LogP contribution in [0.2, 0.25) is 0 Å². The molecule has 0 aliphatic rings. The molecule has 0 unspecified atom stereocenters. The average Bonchev–Trinajstić information content (AvgIpc) is 2.86. The van der Waals surface area contributed by atoms with Crippen LogP contribution in [0.1, 0.15) is 11.5 Å². The molecule has 0 spiro atoms. The average molecular weight is 209 g/mol. The van der Waals surface area contributed by atoms with Gasteiger partial charge in [-0.25, -0.2) is 0 Å². The van der Waals surface area contributed by atoms with Crippen molar-refractivity contribution in [1.29, 1.82) is 0 Å². The summed E-state index contributed by atoms with van der Waals surface area (Å²) >= 11 is 1.71. The van der Waals surface area contributed by atoms with Gasteiger partial charge in [0.1, 0.15) is 0 Å². The Hall–Kier alpha value is -1.20. The molecule has 0 aliphatic carbocycles. The Morgan fingerprint density at radius 3 is 3.21 bits per heavy atom. The lowest BCUT2D eigenvalue weighted by Gasteiger charge is -1.99. The van der Waals surface area contributed by atoms with E-state index in [1.807, 2.05) is 0 Å². The van der Waals surface area contributed by atoms with E-state index in [-0.39, 0.29) is 0 Å². The van der Waals surface area contributed by atoms with Crippen LogP contribution in [0.25, 0.3) is 0 Å². The fourth-order valence-electron chi connectivity index (χ4n) is 1.13. The Bertz CT molecular complexity index is 308. The predicted molar refractivity (Wildman–Crippen MR) is 54.0 cm³/mol. The summed E-state index contributed by atoms with van der Waals surface area (Å²) < 4.78 is 4.87. The van der Waals surface area contributed by atoms with Gasteiger partial charge in [0.2, 0.25) is 5.89 Å². The summed E-state index contributed by atoms with van der Waals surface area (Å²) in [6.07, 6.45) is 2.21. The third-order valence-electron chi connectivity index (χ3n) is 1.83. The van der Waals surface area contributed by atoms with Crippen LogP contribution in [0, 0.1) is 0 Å². The zero-order valence-electron chi connectivity index (χ0n) is 7.64. The molecule has 0 aromatic carbocycles. The van der Waals surface area contributed by atoms with E-state index in [1.54, 1.807) is 11.3 Å². The van der Waals surface area contributed by atoms with E-state index >= 15 is 0 Å². The normalized spacial score (nSPS) is 10.6. The van der Waals surface area contributed by atoms with E-state index in [0.717, 1.165) is 19.5 Å². The van der Waals surface area contributed by atoms with Gasteiger partial charge in [0, 0.05) is 19.5 Å². The number of nitrogens with one attached hydrogen (secondary N) is 1. The van der Waals surface area contributed by atoms with Gasteiger partial charge in [-0.05, 0) is 22.4 Å². The molecule has 5 heteroatoms. The highest BCUT2D eigenvalue weighted by molar-refractivity contribution is 7.07. The minimum Gasteiger partial charge on any atom is -0.340 e. The van der Waals surface area contributed by atoms with Crippen molar-refractivity contribution in [3.63, 3.8) is 0 Å². The lowest BCUT2D eigenvalue weighted by molar-refractivity contribution is 0.375. The van der Waals surface area contributed by atoms with Crippen LogP contribution in [-0.4, -0.2) is 16.7 Å². The van der Waals surface area contributed by atoms with Gasteiger partial charge in [0.05, 0.1) is 0 Å². The van der Waals surface area contributed by atoms with E-state index in [1.165, 1.54) is 11.9 Å². The summed E-state index contributed by atoms with van der Waals surface area (Å²) in [7, 11) is 0. The Labute approximate surface area is 86.0 Å². The highest BCUT2D eigenvalue weighted by Gasteiger charge is 1.98. The third kappa shape index (κ3) is 2.65. The summed E-state index contributed by atoms with van der Waals surface area (Å²) in [5.41, 5.74) is 1.32. The molecule has 2 rings (SSSR count). The van der Waals surface area contributed by atoms with Crippen molar-refractivity contribution >= 4 is 11.3 Å². The lowest BCUT2D eigenvalue weighted by atomic mass is 10.3. The van der Waals surface area contributed by atoms with E-state index in [9.17, 15) is 0 Å². The minimum atomic E-state index is 0.683. The fraction of sp³-hybridized carbons (Fsp3) is 0.333. The van der Waals surface area contributed by atoms with Crippen molar-refractivity contribution in [1.82, 2.24) is 15.5 Å². The summed E-state index contributed by atoms with van der Waals surface area (Å²) in [5, 5.41) is 11.1. The van der Waals surface area contributed by atoms with Gasteiger partial charge in [0.25, 0.3) is 0 Å². The SMILES string of the molecule is c1noc(CCNCc2ccsc2)n1. The molecule has 2 heterocycles. The second-order valence-corrected chi connectivity index (χ2v) is 3.67. The molecular formula is C9H11N3OS. The van der Waals surface area contributed by atoms with Gasteiger partial charge in [-0.15, -0.1) is 0 Å². The fourth-order valence-corrected chi connectivity index (χ4v) is 1.80. The maximum atomic E-state index is 4.87. The number of hydrogen-bond donors (Lipinski definition) is 1. The minimum absolute atomic E-state index is 0.683. The first kappa shape index (κ1) is 9.36. The number of rotatable bonds is 5. The standard InChI is InChI=1S/C9H11N3OS/c1(9-11-7-12-13-9)3-10-5-8-2-4-14-6-8/h2,4,6-7,10H,1,3,5H2. The Kier molecular flexibility index (Phi) is 3.26. The molecule has 4 nitrogen and oxygen atoms in total. The van der Waals surface area contributed by atoms with E-state index in [4.69, 9.17) is 4.52 Å². The highest BCUT2D eigenvalue weighted by Crippen LogP contribution is 2.04. The molecule has 0 amide bonds. The Morgan fingerprint density at radius 1 is 1.50 bits per heavy atom. The van der Waals surface area contributed by atoms with Gasteiger partial charge in [-0.2, -0.15) is 16.3 Å². The topological polar surface area (TPSA) is 51.0 Å². The molecule has 1 N–H and O–H groups in total. The predicted octanol–water partition coefficient (Wildman–Crippen LogP) is 1.46. The third-order valence-corrected chi connectivity index (χ3v) is 2.56. The second kappa shape index (κ2) is 4.88. The zero-order valence-corrected chi connectivity index (χ0v) is 8.46. The van der Waals surface area contributed by atoms with Gasteiger partial charge < -0.3 is 9.84 Å². The summed E-state index contributed by atoms with van der Waals surface area (Å²) in [6.45, 7) is 1.76. The molecule has 0 saturated heterocycles. The largest absolute Gasteiger partial charge is 0.340 e. The van der Waals surface area contributed by atoms with Crippen molar-refractivity contribution in [2.75, 3.05) is 6.54 Å². The maximum Gasteiger partial charge on any atom is 0.227 e. The van der Waals surface area contributed by atoms with Crippen LogP contribution in [0.15, 0.2) is 27.7 Å². The highest BCUT2D eigenvalue weighted by atomic mass is 32.1. The van der Waals surface area contributed by atoms with E-state index in [2.05, 4.69) is 32.3 Å². The molecule has 0 atom stereocenters. The maximum absolute atomic E-state index is 4.87. The molecule has 0 radical (unpaired) electrons. The van der Waals surface area contributed by atoms with Gasteiger partial charge in [-0.1, -0.05) is 5.16 Å². The number of hydrogen-bond acceptors (Lipinski definition) is 5. The summed E-state index contributed by atoms with van der Waals surface area (Å²) in [6, 6.07) is 2.12. The zero-order chi connectivity index (χ0) is 9.64. The Morgan fingerprint density at radius 2 is 2.50 bits per heavy atom. The van der Waals surface area contributed by atoms with E-state index in [0.29, 0.717) is 5.89 Å². The molecule has 0 aliphatic heterocycles. The first-order valence-electron chi connectivity index (χ1n) is 4.42. The molecule has 2 aromatic heterocycles. The molecule has 2 aromatic rings. The summed E-state index contributed by atoms with van der Waals surface area (Å²) in [5.74, 6) is 0.683. The van der Waals surface area contributed by atoms with Crippen LogP contribution in [-0.2, 0) is 13.0 Å². The smallest absolute Gasteiger partial charge is 0.227 e. The monoisotopic (exact) mass is 209 g/mol. The van der Waals surface area contributed by atoms with Crippen molar-refractivity contribution < 1.29 is 4.52 Å². The molecule has 0 fully saturated rings. The first-order valence-corrected chi connectivity index (χ1v) is 5.37. The molecule has 0 saturated carbocycles. The van der Waals surface area contributed by atoms with Crippen molar-refractivity contribution in [2.45, 2.75) is 13.0 Å². The summed E-state index contributed by atoms with van der Waals surface area (Å²) in [4.78, 5) is 3.94. The van der Waals surface area contributed by atoms with Crippen LogP contribution in [0.3, 0.4) is 0 Å². The molecule has 74 valence electrons.